The van der Waals surface area contributed by atoms with Crippen LogP contribution in [0.5, 0.6) is 0 Å². The van der Waals surface area contributed by atoms with E-state index in [1.165, 1.54) is 37.9 Å². The number of aromatic nitrogens is 1. The molecule has 0 aliphatic carbocycles. The van der Waals surface area contributed by atoms with Gasteiger partial charge in [0.25, 0.3) is 0 Å². The Labute approximate surface area is 130 Å². The summed E-state index contributed by atoms with van der Waals surface area (Å²) in [5, 5.41) is 0. The summed E-state index contributed by atoms with van der Waals surface area (Å²) in [5.41, 5.74) is 0.788. The highest BCUT2D eigenvalue weighted by molar-refractivity contribution is 7.90. The topological polar surface area (TPSA) is 86.5 Å². The number of nitrogens with zero attached hydrogens (tertiary/aromatic N) is 1. The van der Waals surface area contributed by atoms with E-state index in [1.807, 2.05) is 13.8 Å². The standard InChI is InChI=1S/C13H13NO5S.C2H6/c1-9-5-10(13(15)18-2)3-4-12(9)20(16,17)7-11-6-14-8-19-11;1-2/h3-6,8H,7H2,1-2H3;1-2H3. The molecule has 0 N–H and O–H groups in total. The molecule has 0 bridgehead atoms. The van der Waals surface area contributed by atoms with Crippen molar-refractivity contribution >= 4 is 15.8 Å². The maximum Gasteiger partial charge on any atom is 0.337 e. The second-order valence-corrected chi connectivity index (χ2v) is 6.16. The molecule has 1 aromatic carbocycles. The second-order valence-electron chi connectivity index (χ2n) is 4.20. The van der Waals surface area contributed by atoms with Gasteiger partial charge in [0.1, 0.15) is 11.5 Å². The zero-order chi connectivity index (χ0) is 16.8. The average molecular weight is 325 g/mol. The lowest BCUT2D eigenvalue weighted by molar-refractivity contribution is 0.0600. The first-order chi connectivity index (χ1) is 10.4. The molecule has 0 radical (unpaired) electrons. The molecule has 0 unspecified atom stereocenters. The number of carbonyl (C=O) groups is 1. The minimum atomic E-state index is -3.55. The predicted octanol–water partition coefficient (Wildman–Crippen LogP) is 2.77. The number of rotatable bonds is 4. The van der Waals surface area contributed by atoms with Crippen molar-refractivity contribution in [1.82, 2.24) is 4.98 Å². The molecule has 2 rings (SSSR count). The van der Waals surface area contributed by atoms with Gasteiger partial charge in [-0.05, 0) is 30.7 Å². The van der Waals surface area contributed by atoms with Crippen LogP contribution in [0.3, 0.4) is 0 Å². The summed E-state index contributed by atoms with van der Waals surface area (Å²) in [6.07, 6.45) is 2.54. The third-order valence-corrected chi connectivity index (χ3v) is 4.54. The Morgan fingerprint density at radius 1 is 1.32 bits per heavy atom. The van der Waals surface area contributed by atoms with E-state index in [0.29, 0.717) is 11.1 Å². The van der Waals surface area contributed by atoms with Crippen LogP contribution in [0, 0.1) is 6.92 Å². The van der Waals surface area contributed by atoms with Gasteiger partial charge in [-0.2, -0.15) is 0 Å². The fourth-order valence-corrected chi connectivity index (χ4v) is 3.32. The molecule has 0 atom stereocenters. The van der Waals surface area contributed by atoms with Gasteiger partial charge in [-0.3, -0.25) is 0 Å². The molecule has 1 aromatic heterocycles. The van der Waals surface area contributed by atoms with Crippen LogP contribution in [-0.4, -0.2) is 26.5 Å². The zero-order valence-electron chi connectivity index (χ0n) is 13.0. The van der Waals surface area contributed by atoms with Crippen LogP contribution in [-0.2, 0) is 20.3 Å². The summed E-state index contributed by atoms with van der Waals surface area (Å²) in [5.74, 6) is -0.514. The molecule has 0 fully saturated rings. The molecule has 0 saturated heterocycles. The van der Waals surface area contributed by atoms with Crippen molar-refractivity contribution in [3.63, 3.8) is 0 Å². The summed E-state index contributed by atoms with van der Waals surface area (Å²) in [4.78, 5) is 15.2. The van der Waals surface area contributed by atoms with Gasteiger partial charge in [-0.1, -0.05) is 13.8 Å². The third kappa shape index (κ3) is 4.17. The lowest BCUT2D eigenvalue weighted by atomic mass is 10.1. The summed E-state index contributed by atoms with van der Waals surface area (Å²) in [6.45, 7) is 5.62. The first-order valence-corrected chi connectivity index (χ1v) is 8.38. The normalized spacial score (nSPS) is 10.5. The number of aryl methyl sites for hydroxylation is 1. The molecule has 1 heterocycles. The molecular weight excluding hydrogens is 306 g/mol. The van der Waals surface area contributed by atoms with E-state index >= 15 is 0 Å². The minimum Gasteiger partial charge on any atom is -0.465 e. The molecule has 0 amide bonds. The number of hydrogen-bond acceptors (Lipinski definition) is 6. The number of methoxy groups -OCH3 is 1. The van der Waals surface area contributed by atoms with Gasteiger partial charge in [0.05, 0.1) is 23.8 Å². The molecule has 0 aliphatic heterocycles. The largest absolute Gasteiger partial charge is 0.465 e. The fraction of sp³-hybridized carbons (Fsp3) is 0.333. The maximum atomic E-state index is 12.3. The molecule has 0 spiro atoms. The molecule has 0 saturated carbocycles. The van der Waals surface area contributed by atoms with Crippen LogP contribution < -0.4 is 0 Å². The highest BCUT2D eigenvalue weighted by atomic mass is 32.2. The lowest BCUT2D eigenvalue weighted by Gasteiger charge is -2.08. The van der Waals surface area contributed by atoms with Crippen LogP contribution in [0.2, 0.25) is 0 Å². The van der Waals surface area contributed by atoms with Gasteiger partial charge in [0.2, 0.25) is 0 Å². The van der Waals surface area contributed by atoms with Crippen LogP contribution in [0.25, 0.3) is 0 Å². The zero-order valence-corrected chi connectivity index (χ0v) is 13.8. The first kappa shape index (κ1) is 17.9. The van der Waals surface area contributed by atoms with Crippen LogP contribution in [0.1, 0.15) is 35.5 Å². The number of benzene rings is 1. The monoisotopic (exact) mass is 325 g/mol. The first-order valence-electron chi connectivity index (χ1n) is 6.73. The van der Waals surface area contributed by atoms with Gasteiger partial charge >= 0.3 is 5.97 Å². The number of oxazole rings is 1. The molecule has 0 aliphatic rings. The Morgan fingerprint density at radius 3 is 2.50 bits per heavy atom. The molecule has 7 heteroatoms. The highest BCUT2D eigenvalue weighted by Crippen LogP contribution is 2.21. The summed E-state index contributed by atoms with van der Waals surface area (Å²) >= 11 is 0. The van der Waals surface area contributed by atoms with Crippen molar-refractivity contribution in [3.8, 4) is 0 Å². The van der Waals surface area contributed by atoms with E-state index in [9.17, 15) is 13.2 Å². The average Bonchev–Trinajstić information content (AvgIpc) is 3.00. The van der Waals surface area contributed by atoms with E-state index < -0.39 is 15.8 Å². The molecular formula is C15H19NO5S. The number of esters is 1. The maximum absolute atomic E-state index is 12.3. The summed E-state index contributed by atoms with van der Waals surface area (Å²) in [7, 11) is -2.28. The van der Waals surface area contributed by atoms with Crippen molar-refractivity contribution in [3.05, 3.63) is 47.7 Å². The van der Waals surface area contributed by atoms with Gasteiger partial charge in [0, 0.05) is 0 Å². The van der Waals surface area contributed by atoms with Gasteiger partial charge < -0.3 is 9.15 Å². The molecule has 120 valence electrons. The Balaban J connectivity index is 0.00000116. The van der Waals surface area contributed by atoms with Gasteiger partial charge in [-0.25, -0.2) is 18.2 Å². The fourth-order valence-electron chi connectivity index (χ4n) is 1.82. The quantitative estimate of drug-likeness (QED) is 0.803. The summed E-state index contributed by atoms with van der Waals surface area (Å²) in [6, 6.07) is 4.30. The predicted molar refractivity (Wildman–Crippen MR) is 81.3 cm³/mol. The SMILES string of the molecule is CC.COC(=O)c1ccc(S(=O)(=O)Cc2cnco2)c(C)c1. The van der Waals surface area contributed by atoms with E-state index in [-0.39, 0.29) is 16.4 Å². The number of carbonyl (C=O) groups excluding carboxylic acids is 1. The van der Waals surface area contributed by atoms with Crippen molar-refractivity contribution in [2.24, 2.45) is 0 Å². The van der Waals surface area contributed by atoms with E-state index in [4.69, 9.17) is 4.42 Å². The Kier molecular flexibility index (Phi) is 6.30. The molecule has 2 aromatic rings. The van der Waals surface area contributed by atoms with Crippen LogP contribution in [0.4, 0.5) is 0 Å². The van der Waals surface area contributed by atoms with E-state index in [1.54, 1.807) is 6.92 Å². The number of hydrogen-bond donors (Lipinski definition) is 0. The van der Waals surface area contributed by atoms with Crippen LogP contribution >= 0.6 is 0 Å². The van der Waals surface area contributed by atoms with Crippen molar-refractivity contribution < 1.29 is 22.4 Å². The smallest absolute Gasteiger partial charge is 0.337 e. The number of sulfone groups is 1. The van der Waals surface area contributed by atoms with E-state index in [2.05, 4.69) is 9.72 Å². The number of ether oxygens (including phenoxy) is 1. The Morgan fingerprint density at radius 2 is 2.00 bits per heavy atom. The van der Waals surface area contributed by atoms with Crippen molar-refractivity contribution in [1.29, 1.82) is 0 Å². The highest BCUT2D eigenvalue weighted by Gasteiger charge is 2.20. The molecule has 22 heavy (non-hydrogen) atoms. The van der Waals surface area contributed by atoms with Gasteiger partial charge in [-0.15, -0.1) is 0 Å². The minimum absolute atomic E-state index is 0.154. The second kappa shape index (κ2) is 7.74. The lowest BCUT2D eigenvalue weighted by Crippen LogP contribution is -2.08. The Bertz CT molecular complexity index is 720. The third-order valence-electron chi connectivity index (χ3n) is 2.75. The van der Waals surface area contributed by atoms with Crippen molar-refractivity contribution in [2.45, 2.75) is 31.4 Å². The molecule has 6 nitrogen and oxygen atoms in total. The van der Waals surface area contributed by atoms with Crippen molar-refractivity contribution in [2.75, 3.05) is 7.11 Å². The summed E-state index contributed by atoms with van der Waals surface area (Å²) < 4.78 is 34.1. The van der Waals surface area contributed by atoms with Crippen LogP contribution in [0.15, 0.2) is 40.1 Å². The van der Waals surface area contributed by atoms with Gasteiger partial charge in [0.15, 0.2) is 16.2 Å². The van der Waals surface area contributed by atoms with E-state index in [0.717, 1.165) is 0 Å². The Hall–Kier alpha value is -2.15.